The number of fused-ring (bicyclic) bond motifs is 13. The van der Waals surface area contributed by atoms with E-state index < -0.39 is 84.3 Å². The number of hydrogen-bond donors (Lipinski definition) is 0. The van der Waals surface area contributed by atoms with E-state index in [4.69, 9.17) is 31.4 Å². The van der Waals surface area contributed by atoms with Crippen molar-refractivity contribution in [1.82, 2.24) is 15.0 Å². The summed E-state index contributed by atoms with van der Waals surface area (Å²) in [6.07, 6.45) is 9.58. The van der Waals surface area contributed by atoms with Gasteiger partial charge in [-0.25, -0.2) is 15.0 Å². The molecule has 2 saturated carbocycles. The van der Waals surface area contributed by atoms with Crippen molar-refractivity contribution in [2.45, 2.75) is 314 Å². The van der Waals surface area contributed by atoms with Crippen molar-refractivity contribution in [1.29, 1.82) is 0 Å². The molecule has 6 fully saturated rings. The predicted octanol–water partition coefficient (Wildman–Crippen LogP) is 30.0. The summed E-state index contributed by atoms with van der Waals surface area (Å²) < 4.78 is 147. The summed E-state index contributed by atoms with van der Waals surface area (Å²) >= 11 is 0. The summed E-state index contributed by atoms with van der Waals surface area (Å²) in [7, 11) is 0. The molecule has 0 amide bonds. The van der Waals surface area contributed by atoms with E-state index in [0.717, 1.165) is 168 Å². The first kappa shape index (κ1) is 67.7. The van der Waals surface area contributed by atoms with Crippen molar-refractivity contribution in [3.8, 4) is 0 Å². The van der Waals surface area contributed by atoms with E-state index >= 15 is 0 Å². The van der Waals surface area contributed by atoms with E-state index in [-0.39, 0.29) is 28.3 Å². The fraction of sp³-hybridized carbons (Fsp3) is 0.477. The molecule has 12 heteroatoms. The molecule has 12 nitrogen and oxygen atoms in total. The van der Waals surface area contributed by atoms with E-state index in [9.17, 15) is 5.48 Å². The molecule has 7 atom stereocenters. The third kappa shape index (κ3) is 13.9. The van der Waals surface area contributed by atoms with Crippen molar-refractivity contribution in [3.05, 3.63) is 210 Å². The summed E-state index contributed by atoms with van der Waals surface area (Å²) in [4.78, 5) is 24.3. The lowest BCUT2D eigenvalue weighted by Crippen LogP contribution is -2.44. The van der Waals surface area contributed by atoms with Gasteiger partial charge in [0.05, 0.1) is 22.7 Å². The first-order chi connectivity index (χ1) is 63.0. The molecular weight excluding hydrogens is 1490 g/mol. The molecule has 0 N–H and O–H groups in total. The number of nitrogens with zero attached hydrogens (tertiary/aromatic N) is 8. The molecule has 121 heavy (non-hydrogen) atoms. The van der Waals surface area contributed by atoms with Gasteiger partial charge in [0.1, 0.15) is 17.0 Å². The Morgan fingerprint density at radius 1 is 0.331 bits per heavy atom. The number of rotatable bonds is 5. The van der Waals surface area contributed by atoms with Crippen LogP contribution >= 0.6 is 0 Å². The Hall–Kier alpha value is -9.81. The molecular formula is C109H134N8O4. The Bertz CT molecular complexity index is 6570. The van der Waals surface area contributed by atoms with Crippen molar-refractivity contribution < 1.29 is 36.9 Å². The first-order valence-corrected chi connectivity index (χ1v) is 44.3. The zero-order chi connectivity index (χ0) is 98.0. The van der Waals surface area contributed by atoms with Gasteiger partial charge in [0, 0.05) is 150 Å². The molecule has 7 aromatic carbocycles. The van der Waals surface area contributed by atoms with E-state index in [1.165, 1.54) is 29.7 Å². The molecule has 2 unspecified atom stereocenters. The van der Waals surface area contributed by atoms with Crippen LogP contribution < -0.4 is 24.5 Å². The van der Waals surface area contributed by atoms with Gasteiger partial charge in [-0.3, -0.25) is 0 Å². The van der Waals surface area contributed by atoms with Gasteiger partial charge in [-0.15, -0.1) is 0 Å². The van der Waals surface area contributed by atoms with Gasteiger partial charge in [0.25, 0.3) is 0 Å². The zero-order valence-electron chi connectivity index (χ0n) is 89.4. The van der Waals surface area contributed by atoms with E-state index in [0.29, 0.717) is 28.6 Å². The van der Waals surface area contributed by atoms with Gasteiger partial charge < -0.3 is 42.2 Å². The normalized spacial score (nSPS) is 28.2. The topological polar surface area (TPSA) is 107 Å². The number of hydrogen-bond acceptors (Lipinski definition) is 12. The molecule has 4 saturated heterocycles. The lowest BCUT2D eigenvalue weighted by atomic mass is 9.68. The number of anilines is 6. The number of aromatic nitrogens is 3. The van der Waals surface area contributed by atoms with Crippen molar-refractivity contribution in [2.75, 3.05) is 24.5 Å². The summed E-state index contributed by atoms with van der Waals surface area (Å²) in [6.45, 7) is 38.9. The van der Waals surface area contributed by atoms with Crippen LogP contribution in [0, 0.1) is 56.3 Å². The van der Waals surface area contributed by atoms with Gasteiger partial charge in [0.2, 0.25) is 11.4 Å². The van der Waals surface area contributed by atoms with Crippen molar-refractivity contribution >= 4 is 122 Å². The minimum absolute atomic E-state index is 0.0956. The molecule has 12 heterocycles. The van der Waals surface area contributed by atoms with Crippen LogP contribution in [-0.4, -0.2) is 67.3 Å². The summed E-state index contributed by atoms with van der Waals surface area (Å²) in [6, 6.07) is 52.6. The van der Waals surface area contributed by atoms with Crippen LogP contribution in [-0.2, 0) is 5.41 Å². The van der Waals surface area contributed by atoms with Crippen LogP contribution in [0.3, 0.4) is 0 Å². The molecule has 14 aromatic rings. The zero-order valence-corrected chi connectivity index (χ0v) is 75.4. The lowest BCUT2D eigenvalue weighted by Gasteiger charge is -2.41. The Balaban J connectivity index is 0.000000118. The van der Waals surface area contributed by atoms with Gasteiger partial charge in [-0.2, -0.15) is 0 Å². The average molecular weight is 1630 g/mol. The highest BCUT2D eigenvalue weighted by atomic mass is 16.3. The minimum atomic E-state index is -2.47. The Kier molecular flexibility index (Phi) is 17.0. The molecule has 21 rings (SSSR count). The molecule has 0 bridgehead atoms. The highest BCUT2D eigenvalue weighted by molar-refractivity contribution is 6.12. The summed E-state index contributed by atoms with van der Waals surface area (Å²) in [5, 5.41) is 8.04. The Morgan fingerprint density at radius 3 is 1.07 bits per heavy atom. The molecule has 0 radical (unpaired) electrons. The summed E-state index contributed by atoms with van der Waals surface area (Å²) in [5.41, 5.74) is 10.4. The largest absolute Gasteiger partial charge is 0.454 e. The van der Waals surface area contributed by atoms with Gasteiger partial charge in [-0.05, 0) is 274 Å². The second-order valence-electron chi connectivity index (χ2n) is 39.2. The fourth-order valence-electron chi connectivity index (χ4n) is 22.9. The predicted molar refractivity (Wildman–Crippen MR) is 511 cm³/mol. The average Bonchev–Trinajstić information content (AvgIpc) is 1.52. The van der Waals surface area contributed by atoms with Crippen molar-refractivity contribution in [3.63, 3.8) is 0 Å². The van der Waals surface area contributed by atoms with Crippen LogP contribution in [0.5, 0.6) is 0 Å². The van der Waals surface area contributed by atoms with E-state index in [1.807, 2.05) is 128 Å². The van der Waals surface area contributed by atoms with E-state index in [2.05, 4.69) is 179 Å². The monoisotopic (exact) mass is 1630 g/mol. The maximum atomic E-state index is 9.32. The number of furan rings is 4. The first-order valence-electron chi connectivity index (χ1n) is 51.3. The molecule has 2 aliphatic carbocycles. The number of aryl methyl sites for hydroxylation is 5. The van der Waals surface area contributed by atoms with Crippen LogP contribution in [0.1, 0.15) is 274 Å². The highest BCUT2D eigenvalue weighted by Gasteiger charge is 2.57. The third-order valence-electron chi connectivity index (χ3n) is 29.1. The lowest BCUT2D eigenvalue weighted by molar-refractivity contribution is 0.170. The number of pyridine rings is 3. The quantitative estimate of drug-likeness (QED) is 0.164. The molecule has 634 valence electrons. The van der Waals surface area contributed by atoms with Crippen LogP contribution in [0.2, 0.25) is 0 Å². The van der Waals surface area contributed by atoms with Crippen LogP contribution in [0.15, 0.2) is 194 Å². The smallest absolute Gasteiger partial charge is 0.227 e. The minimum Gasteiger partial charge on any atom is -0.454 e. The van der Waals surface area contributed by atoms with Gasteiger partial charge >= 0.3 is 0 Å². The molecule has 2 spiro atoms. The highest BCUT2D eigenvalue weighted by Crippen LogP contribution is 2.61. The maximum Gasteiger partial charge on any atom is 0.227 e. The second-order valence-corrected chi connectivity index (χ2v) is 39.2. The van der Waals surface area contributed by atoms with E-state index in [1.54, 1.807) is 60.9 Å². The molecule has 7 aromatic heterocycles. The number of para-hydroxylation sites is 3. The maximum absolute atomic E-state index is 9.32. The molecule has 5 aliphatic heterocycles. The fourth-order valence-corrected chi connectivity index (χ4v) is 22.9. The standard InChI is InChI=1S/C25H31NO.C24H30N2O.C22H27NO.C21H26N2O.C17H20N2/c1-17-12-13-20-19-10-6-7-11-21(19)27-23(20)22(17)26-18(2)25(16-24(26,3)4)14-8-5-9-15-25;1-16-10-11-18-19-9-8-14-25-22(19)27-21(18)20(16)26-17(2)24(15-23(26,3)4)12-6-5-7-13-24;1-14-11-12-17-16-9-7-8-10-18(16)24-20(17)19(14)23-15(2)21(3,4)13-22(23,5)6;1-13-9-10-15-16-8-7-11-22-19(16)24-18(15)17(13)23-14(2)20(3,4)12-21(23,5)6;1-12-8-5-6-10-15(12)19-13(2)17(3,4)14-9-7-11-18-16(14)19/h6-7,10-13,18H,5,8-9,14-16H2,1-4H3;8-11,14,17H,5-7,12-13,15H2,1-4H3;7-12,15H,13H2,1-6H3;7-11,14H,12H2,1-6H3;5-11,13H,1-4H3/t18-;17-;15-;14-;13-/m00000/s1/i16D2;15D2;3D3,13D2;3D3,12D2;/t2m;15-,21?;14-,20?;. The van der Waals surface area contributed by atoms with Gasteiger partial charge in [0.15, 0.2) is 22.3 Å². The SMILES string of the molecule is Cc1ccccc1N1c2ncccc2C(C)(C)[C@@H]1C.[2H]C([2H])([2H])C1(C)[C@H](C)N(c2c(C)ccc3c2oc2ccccc23)C(C)(C)C1([2H])[2H].[2H]C([2H])([2H])C1(C)[C@H](C)N(c2c(C)ccc3c2oc2ncccc23)C(C)(C)C1([2H])[2H].[2H]C1([2H])C2(CCCCC2)[C@H](C)N(c2c(C)ccc3c2oc2ccccc23)C1(C)C.[2H]C1([2H])C2(CCCCC2)[C@H](C)N(c2c(C)ccc3c2oc2ncccc23)C1(C)C. The third-order valence-corrected chi connectivity index (χ3v) is 29.1. The number of benzene rings is 7. The van der Waals surface area contributed by atoms with Crippen LogP contribution in [0.4, 0.5) is 34.3 Å². The summed E-state index contributed by atoms with van der Waals surface area (Å²) in [5.74, 6) is 1.11. The Labute approximate surface area is 739 Å². The van der Waals surface area contributed by atoms with Crippen LogP contribution in [0.25, 0.3) is 88.0 Å². The van der Waals surface area contributed by atoms with Crippen molar-refractivity contribution in [2.24, 2.45) is 21.7 Å². The Morgan fingerprint density at radius 2 is 0.669 bits per heavy atom. The van der Waals surface area contributed by atoms with Gasteiger partial charge in [-0.1, -0.05) is 189 Å². The second kappa shape index (κ2) is 30.3. The molecule has 7 aliphatic rings.